The second-order valence-electron chi connectivity index (χ2n) is 5.31. The van der Waals surface area contributed by atoms with E-state index in [1.54, 1.807) is 12.1 Å². The standard InChI is InChI=1S/C17H19N3O3/c1-12(2)23-17-9-7-14(8-10-17)13(3)18-19-15-5-4-6-16(11-15)20(21)22/h4-12,19H,1-3H3/b18-13-. The van der Waals surface area contributed by atoms with Gasteiger partial charge in [0.2, 0.25) is 0 Å². The summed E-state index contributed by atoms with van der Waals surface area (Å²) in [7, 11) is 0. The Morgan fingerprint density at radius 3 is 2.52 bits per heavy atom. The van der Waals surface area contributed by atoms with E-state index in [4.69, 9.17) is 4.74 Å². The molecule has 0 saturated carbocycles. The van der Waals surface area contributed by atoms with Gasteiger partial charge in [-0.25, -0.2) is 0 Å². The molecule has 0 heterocycles. The number of rotatable bonds is 6. The van der Waals surface area contributed by atoms with Gasteiger partial charge >= 0.3 is 0 Å². The topological polar surface area (TPSA) is 76.8 Å². The fraction of sp³-hybridized carbons (Fsp3) is 0.235. The Kier molecular flexibility index (Phi) is 5.30. The first-order chi connectivity index (χ1) is 11.0. The van der Waals surface area contributed by atoms with E-state index in [1.807, 2.05) is 45.0 Å². The number of hydrogen-bond acceptors (Lipinski definition) is 5. The molecule has 23 heavy (non-hydrogen) atoms. The lowest BCUT2D eigenvalue weighted by Crippen LogP contribution is -2.06. The average Bonchev–Trinajstić information content (AvgIpc) is 2.53. The maximum absolute atomic E-state index is 10.8. The van der Waals surface area contributed by atoms with Gasteiger partial charge in [-0.15, -0.1) is 0 Å². The van der Waals surface area contributed by atoms with Crippen molar-refractivity contribution in [1.29, 1.82) is 0 Å². The van der Waals surface area contributed by atoms with Crippen molar-refractivity contribution < 1.29 is 9.66 Å². The van der Waals surface area contributed by atoms with E-state index < -0.39 is 4.92 Å². The first kappa shape index (κ1) is 16.5. The fourth-order valence-electron chi connectivity index (χ4n) is 1.95. The van der Waals surface area contributed by atoms with E-state index in [-0.39, 0.29) is 11.8 Å². The monoisotopic (exact) mass is 313 g/mol. The lowest BCUT2D eigenvalue weighted by atomic mass is 10.1. The van der Waals surface area contributed by atoms with Crippen molar-refractivity contribution in [3.8, 4) is 5.75 Å². The fourth-order valence-corrected chi connectivity index (χ4v) is 1.95. The Labute approximate surface area is 134 Å². The summed E-state index contributed by atoms with van der Waals surface area (Å²) in [5, 5.41) is 15.0. The number of ether oxygens (including phenoxy) is 1. The van der Waals surface area contributed by atoms with Crippen molar-refractivity contribution in [3.05, 3.63) is 64.2 Å². The second kappa shape index (κ2) is 7.40. The Morgan fingerprint density at radius 2 is 1.91 bits per heavy atom. The molecule has 6 nitrogen and oxygen atoms in total. The molecule has 0 atom stereocenters. The number of benzene rings is 2. The van der Waals surface area contributed by atoms with Gasteiger partial charge in [-0.1, -0.05) is 6.07 Å². The molecule has 0 saturated heterocycles. The molecular formula is C17H19N3O3. The lowest BCUT2D eigenvalue weighted by molar-refractivity contribution is -0.384. The van der Waals surface area contributed by atoms with E-state index in [1.165, 1.54) is 12.1 Å². The molecule has 0 aliphatic heterocycles. The summed E-state index contributed by atoms with van der Waals surface area (Å²) >= 11 is 0. The number of anilines is 1. The van der Waals surface area contributed by atoms with Crippen LogP contribution in [0.3, 0.4) is 0 Å². The minimum absolute atomic E-state index is 0.0260. The van der Waals surface area contributed by atoms with Gasteiger partial charge in [-0.05, 0) is 56.7 Å². The molecule has 0 amide bonds. The molecule has 120 valence electrons. The third-order valence-corrected chi connectivity index (χ3v) is 3.05. The minimum Gasteiger partial charge on any atom is -0.491 e. The number of nitrogens with zero attached hydrogens (tertiary/aromatic N) is 2. The summed E-state index contributed by atoms with van der Waals surface area (Å²) in [6.45, 7) is 5.82. The normalized spacial score (nSPS) is 11.4. The molecule has 0 aromatic heterocycles. The highest BCUT2D eigenvalue weighted by molar-refractivity contribution is 5.99. The quantitative estimate of drug-likeness (QED) is 0.492. The predicted octanol–water partition coefficient (Wildman–Crippen LogP) is 4.22. The van der Waals surface area contributed by atoms with Gasteiger partial charge in [0.1, 0.15) is 5.75 Å². The highest BCUT2D eigenvalue weighted by Gasteiger charge is 2.05. The molecule has 6 heteroatoms. The molecule has 0 aliphatic carbocycles. The summed E-state index contributed by atoms with van der Waals surface area (Å²) in [5.41, 5.74) is 5.15. The first-order valence-electron chi connectivity index (χ1n) is 7.27. The van der Waals surface area contributed by atoms with Crippen molar-refractivity contribution in [2.45, 2.75) is 26.9 Å². The number of nitro groups is 1. The van der Waals surface area contributed by atoms with Crippen molar-refractivity contribution in [3.63, 3.8) is 0 Å². The zero-order chi connectivity index (χ0) is 16.8. The van der Waals surface area contributed by atoms with Gasteiger partial charge < -0.3 is 4.74 Å². The van der Waals surface area contributed by atoms with E-state index in [9.17, 15) is 10.1 Å². The van der Waals surface area contributed by atoms with Crippen LogP contribution in [0.1, 0.15) is 26.3 Å². The number of hydrogen-bond donors (Lipinski definition) is 1. The number of non-ortho nitro benzene ring substituents is 1. The van der Waals surface area contributed by atoms with E-state index >= 15 is 0 Å². The van der Waals surface area contributed by atoms with Crippen LogP contribution in [-0.4, -0.2) is 16.7 Å². The molecule has 0 radical (unpaired) electrons. The van der Waals surface area contributed by atoms with Gasteiger partial charge in [0.25, 0.3) is 5.69 Å². The largest absolute Gasteiger partial charge is 0.491 e. The smallest absolute Gasteiger partial charge is 0.271 e. The molecule has 1 N–H and O–H groups in total. The summed E-state index contributed by atoms with van der Waals surface area (Å²) in [6, 6.07) is 13.8. The molecule has 2 aromatic carbocycles. The third-order valence-electron chi connectivity index (χ3n) is 3.05. The van der Waals surface area contributed by atoms with Crippen molar-refractivity contribution in [1.82, 2.24) is 0 Å². The third kappa shape index (κ3) is 4.81. The molecule has 0 aliphatic rings. The highest BCUT2D eigenvalue weighted by Crippen LogP contribution is 2.18. The molecule has 0 unspecified atom stereocenters. The summed E-state index contributed by atoms with van der Waals surface area (Å²) in [5.74, 6) is 0.809. The van der Waals surface area contributed by atoms with Crippen LogP contribution in [0.2, 0.25) is 0 Å². The molecule has 2 aromatic rings. The van der Waals surface area contributed by atoms with Gasteiger partial charge in [0.05, 0.1) is 22.4 Å². The lowest BCUT2D eigenvalue weighted by Gasteiger charge is -2.10. The number of nitro benzene ring substituents is 1. The first-order valence-corrected chi connectivity index (χ1v) is 7.27. The van der Waals surface area contributed by atoms with Crippen LogP contribution in [0.4, 0.5) is 11.4 Å². The van der Waals surface area contributed by atoms with Crippen LogP contribution >= 0.6 is 0 Å². The maximum atomic E-state index is 10.8. The number of hydrazone groups is 1. The van der Waals surface area contributed by atoms with Crippen LogP contribution in [0.5, 0.6) is 5.75 Å². The van der Waals surface area contributed by atoms with Gasteiger partial charge in [-0.3, -0.25) is 15.5 Å². The van der Waals surface area contributed by atoms with Crippen LogP contribution < -0.4 is 10.2 Å². The SMILES string of the molecule is C/C(=N/Nc1cccc([N+](=O)[O-])c1)c1ccc(OC(C)C)cc1. The van der Waals surface area contributed by atoms with Crippen LogP contribution in [-0.2, 0) is 0 Å². The van der Waals surface area contributed by atoms with E-state index in [2.05, 4.69) is 10.5 Å². The Morgan fingerprint density at radius 1 is 1.22 bits per heavy atom. The summed E-state index contributed by atoms with van der Waals surface area (Å²) in [4.78, 5) is 10.3. The second-order valence-corrected chi connectivity index (χ2v) is 5.31. The molecular weight excluding hydrogens is 294 g/mol. The maximum Gasteiger partial charge on any atom is 0.271 e. The highest BCUT2D eigenvalue weighted by atomic mass is 16.6. The average molecular weight is 313 g/mol. The van der Waals surface area contributed by atoms with Gasteiger partial charge in [0.15, 0.2) is 0 Å². The molecule has 0 fully saturated rings. The van der Waals surface area contributed by atoms with Crippen molar-refractivity contribution >= 4 is 17.1 Å². The predicted molar refractivity (Wildman–Crippen MR) is 91.1 cm³/mol. The zero-order valence-corrected chi connectivity index (χ0v) is 13.3. The molecule has 0 bridgehead atoms. The van der Waals surface area contributed by atoms with E-state index in [0.717, 1.165) is 17.0 Å². The van der Waals surface area contributed by atoms with Crippen LogP contribution in [0, 0.1) is 10.1 Å². The zero-order valence-electron chi connectivity index (χ0n) is 13.3. The minimum atomic E-state index is -0.435. The Bertz CT molecular complexity index is 709. The summed E-state index contributed by atoms with van der Waals surface area (Å²) < 4.78 is 5.59. The molecule has 2 rings (SSSR count). The van der Waals surface area contributed by atoms with E-state index in [0.29, 0.717) is 5.69 Å². The van der Waals surface area contributed by atoms with Gasteiger partial charge in [-0.2, -0.15) is 5.10 Å². The summed E-state index contributed by atoms with van der Waals surface area (Å²) in [6.07, 6.45) is 0.131. The van der Waals surface area contributed by atoms with Crippen LogP contribution in [0.25, 0.3) is 0 Å². The molecule has 0 spiro atoms. The van der Waals surface area contributed by atoms with Crippen molar-refractivity contribution in [2.75, 3.05) is 5.43 Å². The van der Waals surface area contributed by atoms with Crippen molar-refractivity contribution in [2.24, 2.45) is 5.10 Å². The number of nitrogens with one attached hydrogen (secondary N) is 1. The van der Waals surface area contributed by atoms with Gasteiger partial charge in [0, 0.05) is 12.1 Å². The Hall–Kier alpha value is -2.89. The Balaban J connectivity index is 2.07. The van der Waals surface area contributed by atoms with Crippen LogP contribution in [0.15, 0.2) is 53.6 Å².